The number of nitrogens with zero attached hydrogens (tertiary/aromatic N) is 2. The minimum Gasteiger partial charge on any atom is -0.493 e. The van der Waals surface area contributed by atoms with Crippen molar-refractivity contribution in [2.75, 3.05) is 37.9 Å². The molecular formula is C46H34ClF5N4O10S2. The van der Waals surface area contributed by atoms with Gasteiger partial charge in [-0.2, -0.15) is 0 Å². The number of halogens is 6. The van der Waals surface area contributed by atoms with Crippen LogP contribution in [-0.2, 0) is 20.0 Å². The number of aromatic nitrogens is 2. The molecule has 0 saturated heterocycles. The summed E-state index contributed by atoms with van der Waals surface area (Å²) in [5, 5.41) is 1.17. The van der Waals surface area contributed by atoms with Crippen LogP contribution in [0.25, 0.3) is 21.8 Å². The maximum atomic E-state index is 14.7. The van der Waals surface area contributed by atoms with Gasteiger partial charge in [0.25, 0.3) is 20.0 Å². The van der Waals surface area contributed by atoms with E-state index in [0.29, 0.717) is 56.3 Å². The minimum atomic E-state index is -4.73. The zero-order valence-corrected chi connectivity index (χ0v) is 38.0. The van der Waals surface area contributed by atoms with Crippen LogP contribution in [0.1, 0.15) is 0 Å². The molecule has 68 heavy (non-hydrogen) atoms. The van der Waals surface area contributed by atoms with Crippen molar-refractivity contribution in [2.45, 2.75) is 9.79 Å². The van der Waals surface area contributed by atoms with Gasteiger partial charge in [0, 0.05) is 52.5 Å². The van der Waals surface area contributed by atoms with Gasteiger partial charge in [-0.05, 0) is 78.9 Å². The number of hydrogen-bond acceptors (Lipinski definition) is 12. The third-order valence-electron chi connectivity index (χ3n) is 9.61. The number of sulfonamides is 2. The van der Waals surface area contributed by atoms with Crippen LogP contribution in [0.4, 0.5) is 33.3 Å². The molecule has 0 aliphatic carbocycles. The highest BCUT2D eigenvalue weighted by Gasteiger charge is 2.26. The van der Waals surface area contributed by atoms with Crippen LogP contribution in [0, 0.1) is 29.1 Å². The number of nitrogens with one attached hydrogen (secondary N) is 2. The molecule has 14 nitrogen and oxygen atoms in total. The van der Waals surface area contributed by atoms with Gasteiger partial charge in [-0.3, -0.25) is 19.4 Å². The number of pyridine rings is 2. The third-order valence-corrected chi connectivity index (χ3v) is 12.7. The van der Waals surface area contributed by atoms with Crippen LogP contribution in [0.15, 0.2) is 131 Å². The molecule has 0 saturated carbocycles. The lowest BCUT2D eigenvalue weighted by Crippen LogP contribution is -2.17. The zero-order chi connectivity index (χ0) is 48.9. The lowest BCUT2D eigenvalue weighted by Gasteiger charge is -2.14. The molecule has 0 spiro atoms. The Morgan fingerprint density at radius 3 is 1.34 bits per heavy atom. The van der Waals surface area contributed by atoms with E-state index in [-0.39, 0.29) is 22.2 Å². The predicted octanol–water partition coefficient (Wildman–Crippen LogP) is 11.0. The first-order valence-corrected chi connectivity index (χ1v) is 22.7. The molecule has 0 aliphatic heterocycles. The van der Waals surface area contributed by atoms with Crippen molar-refractivity contribution in [1.29, 1.82) is 0 Å². The Kier molecular flexibility index (Phi) is 14.3. The second kappa shape index (κ2) is 20.1. The molecular weight excluding hydrogens is 963 g/mol. The van der Waals surface area contributed by atoms with E-state index in [1.807, 2.05) is 9.44 Å². The van der Waals surface area contributed by atoms with Crippen molar-refractivity contribution in [2.24, 2.45) is 0 Å². The van der Waals surface area contributed by atoms with Crippen LogP contribution in [0.2, 0.25) is 5.02 Å². The van der Waals surface area contributed by atoms with E-state index in [2.05, 4.69) is 9.97 Å². The molecule has 2 N–H and O–H groups in total. The summed E-state index contributed by atoms with van der Waals surface area (Å²) in [4.78, 5) is 6.66. The van der Waals surface area contributed by atoms with Gasteiger partial charge >= 0.3 is 0 Å². The highest BCUT2D eigenvalue weighted by molar-refractivity contribution is 7.93. The standard InChI is InChI=1S/C23H17ClF2N2O5S.C23H17F3N2O5S/c1-31-21-11-15-19(12-22(21)32-2)27-8-7-20(15)33-14-4-5-18(16(25)10-14)28-34(29,30)23-6-3-13(24)9-17(23)26;1-31-21-11-14-19(12-22(21)32-2)27-9-8-20(14)33-13-6-7-18(17(26)10-13)28-34(29,30)23-15(24)4-3-5-16(23)25/h2*3-12,28H,1-2H3. The Bertz CT molecular complexity index is 3430. The molecule has 0 bridgehead atoms. The highest BCUT2D eigenvalue weighted by Crippen LogP contribution is 2.39. The quantitative estimate of drug-likeness (QED) is 0.0989. The number of benzene rings is 6. The van der Waals surface area contributed by atoms with Gasteiger partial charge in [0.15, 0.2) is 39.5 Å². The molecule has 352 valence electrons. The van der Waals surface area contributed by atoms with E-state index in [1.165, 1.54) is 65.1 Å². The molecule has 0 fully saturated rings. The lowest BCUT2D eigenvalue weighted by atomic mass is 10.2. The molecule has 0 aliphatic rings. The molecule has 2 aromatic heterocycles. The molecule has 8 rings (SSSR count). The summed E-state index contributed by atoms with van der Waals surface area (Å²) in [7, 11) is -3.16. The largest absolute Gasteiger partial charge is 0.493 e. The summed E-state index contributed by atoms with van der Waals surface area (Å²) in [6, 6.07) is 22.3. The predicted molar refractivity (Wildman–Crippen MR) is 242 cm³/mol. The van der Waals surface area contributed by atoms with E-state index in [0.717, 1.165) is 48.5 Å². The molecule has 8 aromatic rings. The molecule has 6 aromatic carbocycles. The second-order valence-electron chi connectivity index (χ2n) is 13.9. The number of hydrogen-bond donors (Lipinski definition) is 2. The first kappa shape index (κ1) is 48.3. The Morgan fingerprint density at radius 1 is 0.471 bits per heavy atom. The molecule has 22 heteroatoms. The van der Waals surface area contributed by atoms with E-state index in [1.54, 1.807) is 36.4 Å². The average Bonchev–Trinajstić information content (AvgIpc) is 3.30. The van der Waals surface area contributed by atoms with Crippen molar-refractivity contribution in [3.63, 3.8) is 0 Å². The Morgan fingerprint density at radius 2 is 0.912 bits per heavy atom. The number of anilines is 2. The lowest BCUT2D eigenvalue weighted by molar-refractivity contribution is 0.355. The van der Waals surface area contributed by atoms with Gasteiger partial charge in [0.1, 0.15) is 45.3 Å². The van der Waals surface area contributed by atoms with E-state index in [4.69, 9.17) is 40.0 Å². The maximum absolute atomic E-state index is 14.7. The Balaban J connectivity index is 0.000000201. The fraction of sp³-hybridized carbons (Fsp3) is 0.0870. The van der Waals surface area contributed by atoms with Gasteiger partial charge in [0.05, 0.1) is 50.8 Å². The number of rotatable bonds is 14. The highest BCUT2D eigenvalue weighted by atomic mass is 35.5. The number of methoxy groups -OCH3 is 4. The van der Waals surface area contributed by atoms with Gasteiger partial charge < -0.3 is 28.4 Å². The third kappa shape index (κ3) is 10.5. The van der Waals surface area contributed by atoms with E-state index in [9.17, 15) is 38.8 Å². The summed E-state index contributed by atoms with van der Waals surface area (Å²) in [6.45, 7) is 0. The molecule has 0 atom stereocenters. The zero-order valence-electron chi connectivity index (χ0n) is 35.6. The maximum Gasteiger partial charge on any atom is 0.267 e. The summed E-state index contributed by atoms with van der Waals surface area (Å²) < 4.78 is 158. The van der Waals surface area contributed by atoms with Crippen LogP contribution < -0.4 is 37.9 Å². The molecule has 0 unspecified atom stereocenters. The molecule has 2 heterocycles. The summed E-state index contributed by atoms with van der Waals surface area (Å²) in [6.07, 6.45) is 3.01. The van der Waals surface area contributed by atoms with Crippen molar-refractivity contribution >= 4 is 64.8 Å². The fourth-order valence-electron chi connectivity index (χ4n) is 6.44. The van der Waals surface area contributed by atoms with Crippen molar-refractivity contribution in [3.8, 4) is 46.0 Å². The van der Waals surface area contributed by atoms with Crippen LogP contribution in [0.3, 0.4) is 0 Å². The SMILES string of the molecule is COc1cc2nccc(Oc3ccc(NS(=O)(=O)c4c(F)cccc4F)c(F)c3)c2cc1OC.COc1cc2nccc(Oc3ccc(NS(=O)(=O)c4ccc(Cl)cc4F)c(F)c3)c2cc1OC. The summed E-state index contributed by atoms with van der Waals surface area (Å²) in [5.74, 6) is -2.93. The van der Waals surface area contributed by atoms with Gasteiger partial charge in [-0.25, -0.2) is 38.8 Å². The van der Waals surface area contributed by atoms with Gasteiger partial charge in [-0.15, -0.1) is 0 Å². The minimum absolute atomic E-state index is 0.0313. The number of fused-ring (bicyclic) bond motifs is 2. The second-order valence-corrected chi connectivity index (χ2v) is 17.6. The molecule has 0 amide bonds. The van der Waals surface area contributed by atoms with E-state index < -0.39 is 64.6 Å². The number of ether oxygens (including phenoxy) is 6. The first-order valence-electron chi connectivity index (χ1n) is 19.4. The van der Waals surface area contributed by atoms with Crippen LogP contribution in [-0.4, -0.2) is 55.2 Å². The van der Waals surface area contributed by atoms with Crippen LogP contribution in [0.5, 0.6) is 46.0 Å². The van der Waals surface area contributed by atoms with Gasteiger partial charge in [0.2, 0.25) is 0 Å². The monoisotopic (exact) mass is 996 g/mol. The van der Waals surface area contributed by atoms with Crippen molar-refractivity contribution in [3.05, 3.63) is 156 Å². The van der Waals surface area contributed by atoms with Crippen molar-refractivity contribution < 1.29 is 67.2 Å². The fourth-order valence-corrected chi connectivity index (χ4v) is 8.93. The molecule has 0 radical (unpaired) electrons. The van der Waals surface area contributed by atoms with Gasteiger partial charge in [-0.1, -0.05) is 17.7 Å². The average molecular weight is 997 g/mol. The topological polar surface area (TPSA) is 174 Å². The smallest absolute Gasteiger partial charge is 0.267 e. The first-order chi connectivity index (χ1) is 32.4. The Hall–Kier alpha value is -7.62. The van der Waals surface area contributed by atoms with Crippen LogP contribution >= 0.6 is 11.6 Å². The van der Waals surface area contributed by atoms with Crippen molar-refractivity contribution in [1.82, 2.24) is 9.97 Å². The Labute approximate surface area is 389 Å². The normalized spacial score (nSPS) is 11.3. The summed E-state index contributed by atoms with van der Waals surface area (Å²) >= 11 is 5.66. The van der Waals surface area contributed by atoms with E-state index >= 15 is 0 Å². The summed E-state index contributed by atoms with van der Waals surface area (Å²) in [5.41, 5.74) is 0.200.